The summed E-state index contributed by atoms with van der Waals surface area (Å²) in [5.41, 5.74) is -0.981. The van der Waals surface area contributed by atoms with Gasteiger partial charge in [-0.05, 0) is 24.7 Å². The first kappa shape index (κ1) is 13.0. The van der Waals surface area contributed by atoms with Crippen LogP contribution in [0.15, 0.2) is 0 Å². The van der Waals surface area contributed by atoms with E-state index in [1.165, 1.54) is 0 Å². The number of aliphatic carboxylic acids is 1. The van der Waals surface area contributed by atoms with Crippen LogP contribution >= 0.6 is 0 Å². The summed E-state index contributed by atoms with van der Waals surface area (Å²) in [6, 6.07) is 0. The van der Waals surface area contributed by atoms with Crippen LogP contribution < -0.4 is 5.32 Å². The molecule has 0 spiro atoms. The zero-order valence-corrected chi connectivity index (χ0v) is 10.4. The van der Waals surface area contributed by atoms with Crippen molar-refractivity contribution >= 4 is 11.9 Å². The van der Waals surface area contributed by atoms with Crippen LogP contribution in [0.5, 0.6) is 0 Å². The zero-order valence-electron chi connectivity index (χ0n) is 10.4. The number of amides is 1. The van der Waals surface area contributed by atoms with E-state index in [1.54, 1.807) is 13.8 Å². The van der Waals surface area contributed by atoms with Crippen LogP contribution in [0.4, 0.5) is 0 Å². The van der Waals surface area contributed by atoms with Gasteiger partial charge in [-0.3, -0.25) is 4.79 Å². The van der Waals surface area contributed by atoms with Crippen molar-refractivity contribution in [1.82, 2.24) is 5.32 Å². The van der Waals surface area contributed by atoms with Gasteiger partial charge in [0, 0.05) is 5.92 Å². The molecule has 4 nitrogen and oxygen atoms in total. The molecule has 1 saturated carbocycles. The molecule has 0 bridgehead atoms. The number of nitrogens with one attached hydrogen (secondary N) is 1. The lowest BCUT2D eigenvalue weighted by atomic mass is 10.0. The molecule has 92 valence electrons. The second-order valence-electron chi connectivity index (χ2n) is 5.45. The predicted octanol–water partition coefficient (Wildman–Crippen LogP) is 1.65. The van der Waals surface area contributed by atoms with Crippen molar-refractivity contribution in [3.8, 4) is 0 Å². The van der Waals surface area contributed by atoms with E-state index >= 15 is 0 Å². The SMILES string of the molecule is CC(C)CC1CC1(NC(=O)C(C)C)C(=O)O. The largest absolute Gasteiger partial charge is 0.479 e. The van der Waals surface area contributed by atoms with E-state index in [1.807, 2.05) is 0 Å². The Kier molecular flexibility index (Phi) is 3.61. The fraction of sp³-hybridized carbons (Fsp3) is 0.833. The minimum atomic E-state index is -0.981. The van der Waals surface area contributed by atoms with Crippen LogP contribution in [0, 0.1) is 17.8 Å². The molecule has 16 heavy (non-hydrogen) atoms. The van der Waals surface area contributed by atoms with Gasteiger partial charge in [0.2, 0.25) is 5.91 Å². The van der Waals surface area contributed by atoms with Gasteiger partial charge in [-0.2, -0.15) is 0 Å². The summed E-state index contributed by atoms with van der Waals surface area (Å²) in [4.78, 5) is 22.8. The highest BCUT2D eigenvalue weighted by Gasteiger charge is 2.61. The molecule has 0 aromatic carbocycles. The highest BCUT2D eigenvalue weighted by molar-refractivity contribution is 5.90. The Morgan fingerprint density at radius 3 is 2.31 bits per heavy atom. The van der Waals surface area contributed by atoms with E-state index in [0.717, 1.165) is 6.42 Å². The summed E-state index contributed by atoms with van der Waals surface area (Å²) < 4.78 is 0. The quantitative estimate of drug-likeness (QED) is 0.750. The van der Waals surface area contributed by atoms with E-state index in [9.17, 15) is 14.7 Å². The maximum atomic E-state index is 11.6. The van der Waals surface area contributed by atoms with Crippen LogP contribution in [0.1, 0.15) is 40.5 Å². The molecule has 2 N–H and O–H groups in total. The van der Waals surface area contributed by atoms with Crippen molar-refractivity contribution in [2.75, 3.05) is 0 Å². The monoisotopic (exact) mass is 227 g/mol. The molecule has 0 saturated heterocycles. The first-order chi connectivity index (χ1) is 7.29. The van der Waals surface area contributed by atoms with E-state index in [2.05, 4.69) is 19.2 Å². The van der Waals surface area contributed by atoms with Crippen LogP contribution in [-0.4, -0.2) is 22.5 Å². The van der Waals surface area contributed by atoms with E-state index in [0.29, 0.717) is 12.3 Å². The average molecular weight is 227 g/mol. The summed E-state index contributed by atoms with van der Waals surface area (Å²) >= 11 is 0. The lowest BCUT2D eigenvalue weighted by Gasteiger charge is -2.17. The Labute approximate surface area is 96.4 Å². The molecule has 4 heteroatoms. The van der Waals surface area contributed by atoms with Crippen molar-refractivity contribution in [1.29, 1.82) is 0 Å². The van der Waals surface area contributed by atoms with Crippen molar-refractivity contribution < 1.29 is 14.7 Å². The summed E-state index contributed by atoms with van der Waals surface area (Å²) in [6.07, 6.45) is 1.42. The third-order valence-electron chi connectivity index (χ3n) is 3.11. The second kappa shape index (κ2) is 4.44. The van der Waals surface area contributed by atoms with E-state index in [4.69, 9.17) is 0 Å². The number of hydrogen-bond donors (Lipinski definition) is 2. The molecule has 2 unspecified atom stereocenters. The highest BCUT2D eigenvalue weighted by Crippen LogP contribution is 2.47. The van der Waals surface area contributed by atoms with Gasteiger partial charge in [0.25, 0.3) is 0 Å². The topological polar surface area (TPSA) is 66.4 Å². The summed E-state index contributed by atoms with van der Waals surface area (Å²) in [5, 5.41) is 11.9. The minimum Gasteiger partial charge on any atom is -0.479 e. The van der Waals surface area contributed by atoms with Crippen LogP contribution in [0.3, 0.4) is 0 Å². The molecule has 2 atom stereocenters. The third-order valence-corrected chi connectivity index (χ3v) is 3.11. The fourth-order valence-corrected chi connectivity index (χ4v) is 2.02. The van der Waals surface area contributed by atoms with Crippen LogP contribution in [0.2, 0.25) is 0 Å². The lowest BCUT2D eigenvalue weighted by Crippen LogP contribution is -2.46. The summed E-state index contributed by atoms with van der Waals surface area (Å²) in [5.74, 6) is -0.688. The van der Waals surface area contributed by atoms with Crippen LogP contribution in [0.25, 0.3) is 0 Å². The van der Waals surface area contributed by atoms with Crippen molar-refractivity contribution in [2.24, 2.45) is 17.8 Å². The molecule has 1 amide bonds. The third kappa shape index (κ3) is 2.54. The van der Waals surface area contributed by atoms with Gasteiger partial charge in [-0.15, -0.1) is 0 Å². The van der Waals surface area contributed by atoms with Crippen molar-refractivity contribution in [3.63, 3.8) is 0 Å². The van der Waals surface area contributed by atoms with Gasteiger partial charge >= 0.3 is 5.97 Å². The number of carbonyl (C=O) groups is 2. The molecule has 0 radical (unpaired) electrons. The van der Waals surface area contributed by atoms with Gasteiger partial charge in [0.1, 0.15) is 5.54 Å². The van der Waals surface area contributed by atoms with E-state index in [-0.39, 0.29) is 17.7 Å². The Morgan fingerprint density at radius 2 is 1.94 bits per heavy atom. The number of rotatable bonds is 5. The Balaban J connectivity index is 2.65. The highest BCUT2D eigenvalue weighted by atomic mass is 16.4. The first-order valence-electron chi connectivity index (χ1n) is 5.85. The van der Waals surface area contributed by atoms with Gasteiger partial charge in [-0.25, -0.2) is 4.79 Å². The molecular weight excluding hydrogens is 206 g/mol. The predicted molar refractivity (Wildman–Crippen MR) is 60.9 cm³/mol. The molecule has 0 aromatic rings. The standard InChI is InChI=1S/C12H21NO3/c1-7(2)5-9-6-12(9,11(15)16)13-10(14)8(3)4/h7-9H,5-6H2,1-4H3,(H,13,14)(H,15,16). The first-order valence-corrected chi connectivity index (χ1v) is 5.85. The number of carboxylic acids is 1. The molecular formula is C12H21NO3. The number of carboxylic acid groups (broad SMARTS) is 1. The molecule has 0 heterocycles. The summed E-state index contributed by atoms with van der Waals surface area (Å²) in [6.45, 7) is 7.67. The van der Waals surface area contributed by atoms with Crippen molar-refractivity contribution in [3.05, 3.63) is 0 Å². The van der Waals surface area contributed by atoms with E-state index < -0.39 is 11.5 Å². The molecule has 1 rings (SSSR count). The second-order valence-corrected chi connectivity index (χ2v) is 5.45. The maximum Gasteiger partial charge on any atom is 0.329 e. The normalized spacial score (nSPS) is 28.2. The smallest absolute Gasteiger partial charge is 0.329 e. The molecule has 0 aromatic heterocycles. The number of carbonyl (C=O) groups excluding carboxylic acids is 1. The Morgan fingerprint density at radius 1 is 1.38 bits per heavy atom. The molecule has 0 aliphatic heterocycles. The fourth-order valence-electron chi connectivity index (χ4n) is 2.02. The van der Waals surface area contributed by atoms with Crippen molar-refractivity contribution in [2.45, 2.75) is 46.1 Å². The molecule has 1 aliphatic carbocycles. The minimum absolute atomic E-state index is 0.0905. The zero-order chi connectivity index (χ0) is 12.5. The van der Waals surface area contributed by atoms with Gasteiger partial charge < -0.3 is 10.4 Å². The molecule has 1 fully saturated rings. The van der Waals surface area contributed by atoms with Gasteiger partial charge in [0.15, 0.2) is 0 Å². The van der Waals surface area contributed by atoms with Crippen LogP contribution in [-0.2, 0) is 9.59 Å². The van der Waals surface area contributed by atoms with Gasteiger partial charge in [-0.1, -0.05) is 27.7 Å². The summed E-state index contributed by atoms with van der Waals surface area (Å²) in [7, 11) is 0. The average Bonchev–Trinajstić information content (AvgIpc) is 2.78. The number of hydrogen-bond acceptors (Lipinski definition) is 2. The Hall–Kier alpha value is -1.06. The lowest BCUT2D eigenvalue weighted by molar-refractivity contribution is -0.144. The van der Waals surface area contributed by atoms with Gasteiger partial charge in [0.05, 0.1) is 0 Å². The Bertz CT molecular complexity index is 299. The maximum absolute atomic E-state index is 11.6. The molecule has 1 aliphatic rings.